The zero-order chi connectivity index (χ0) is 6.62. The van der Waals surface area contributed by atoms with Crippen molar-refractivity contribution in [2.45, 2.75) is 19.3 Å². The Morgan fingerprint density at radius 3 is 2.25 bits per heavy atom. The Balaban J connectivity index is 3.37. The maximum atomic E-state index is 4.79. The summed E-state index contributed by atoms with van der Waals surface area (Å²) in [6, 6.07) is 0. The van der Waals surface area contributed by atoms with Gasteiger partial charge in [-0.2, -0.15) is 0 Å². The van der Waals surface area contributed by atoms with Gasteiger partial charge in [-0.15, -0.1) is 0 Å². The van der Waals surface area contributed by atoms with Crippen molar-refractivity contribution in [2.75, 3.05) is 7.05 Å². The van der Waals surface area contributed by atoms with E-state index in [2.05, 4.69) is 9.89 Å². The molecule has 0 aliphatic heterocycles. The quantitative estimate of drug-likeness (QED) is 0.501. The molecule has 0 rings (SSSR count). The average Bonchev–Trinajstić information content (AvgIpc) is 1.67. The molecule has 0 unspecified atom stereocenters. The summed E-state index contributed by atoms with van der Waals surface area (Å²) in [6.07, 6.45) is 0. The maximum Gasteiger partial charge on any atom is 0.294 e. The summed E-state index contributed by atoms with van der Waals surface area (Å²) in [5.41, 5.74) is -0.130. The van der Waals surface area contributed by atoms with Crippen molar-refractivity contribution in [3.63, 3.8) is 0 Å². The van der Waals surface area contributed by atoms with Crippen LogP contribution in [0.5, 0.6) is 0 Å². The molecule has 8 heavy (non-hydrogen) atoms. The van der Waals surface area contributed by atoms with E-state index in [-0.39, 0.29) is 5.44 Å². The van der Waals surface area contributed by atoms with E-state index in [0.29, 0.717) is 0 Å². The first-order valence-electron chi connectivity index (χ1n) is 2.51. The minimum atomic E-state index is -0.130. The molecule has 4 heteroatoms. The summed E-state index contributed by atoms with van der Waals surface area (Å²) >= 11 is 0. The summed E-state index contributed by atoms with van der Waals surface area (Å²) < 4.78 is 4.31. The summed E-state index contributed by atoms with van der Waals surface area (Å²) in [4.78, 5) is 0. The molecule has 0 atom stereocenters. The molecule has 0 saturated carbocycles. The van der Waals surface area contributed by atoms with Crippen LogP contribution in [-0.2, 0) is 4.57 Å². The molecule has 0 heterocycles. The predicted molar refractivity (Wildman–Crippen MR) is 35.7 cm³/mol. The van der Waals surface area contributed by atoms with Crippen molar-refractivity contribution in [1.82, 2.24) is 5.32 Å². The standard InChI is InChI=1S/C4H10B2NO/c1-4(2,7-3)6-8-5/h7H,1-3H3. The minimum Gasteiger partial charge on any atom is -0.509 e. The lowest BCUT2D eigenvalue weighted by molar-refractivity contribution is 0.516. The Bertz CT molecular complexity index is 67.1. The van der Waals surface area contributed by atoms with Crippen molar-refractivity contribution in [2.24, 2.45) is 0 Å². The van der Waals surface area contributed by atoms with E-state index in [1.54, 1.807) is 0 Å². The molecule has 0 saturated heterocycles. The number of hydrogen-bond donors (Lipinski definition) is 1. The Morgan fingerprint density at radius 2 is 2.12 bits per heavy atom. The van der Waals surface area contributed by atoms with Crippen molar-refractivity contribution in [1.29, 1.82) is 0 Å². The third kappa shape index (κ3) is 3.10. The van der Waals surface area contributed by atoms with E-state index in [1.165, 1.54) is 7.48 Å². The van der Waals surface area contributed by atoms with Gasteiger partial charge < -0.3 is 9.89 Å². The van der Waals surface area contributed by atoms with Crippen LogP contribution >= 0.6 is 0 Å². The normalized spacial score (nSPS) is 11.4. The van der Waals surface area contributed by atoms with Crippen LogP contribution in [-0.4, -0.2) is 28.0 Å². The van der Waals surface area contributed by atoms with E-state index < -0.39 is 0 Å². The zero-order valence-corrected chi connectivity index (χ0v) is 5.56. The first kappa shape index (κ1) is 8.05. The molecule has 3 radical (unpaired) electrons. The maximum absolute atomic E-state index is 4.79. The first-order valence-corrected chi connectivity index (χ1v) is 2.51. The van der Waals surface area contributed by atoms with E-state index in [0.717, 1.165) is 0 Å². The first-order chi connectivity index (χ1) is 3.62. The summed E-state index contributed by atoms with van der Waals surface area (Å²) in [6.45, 7) is 3.92. The molecule has 2 nitrogen and oxygen atoms in total. The van der Waals surface area contributed by atoms with E-state index in [1.807, 2.05) is 20.9 Å². The van der Waals surface area contributed by atoms with E-state index in [9.17, 15) is 0 Å². The van der Waals surface area contributed by atoms with Crippen LogP contribution in [0.2, 0.25) is 0 Å². The molecule has 43 valence electrons. The lowest BCUT2D eigenvalue weighted by Crippen LogP contribution is -2.43. The molecule has 0 aliphatic carbocycles. The Labute approximate surface area is 52.7 Å². The van der Waals surface area contributed by atoms with Gasteiger partial charge in [0.1, 0.15) is 0 Å². The van der Waals surface area contributed by atoms with Gasteiger partial charge in [-0.3, -0.25) is 0 Å². The topological polar surface area (TPSA) is 21.3 Å². The lowest BCUT2D eigenvalue weighted by atomic mass is 9.74. The molecule has 0 aromatic carbocycles. The number of nitrogens with one attached hydrogen (secondary N) is 1. The molecular weight excluding hydrogens is 99.7 g/mol. The Morgan fingerprint density at radius 1 is 1.62 bits per heavy atom. The Kier molecular flexibility index (Phi) is 3.17. The fourth-order valence-electron chi connectivity index (χ4n) is 0.229. The van der Waals surface area contributed by atoms with Gasteiger partial charge >= 0.3 is 0 Å². The van der Waals surface area contributed by atoms with Gasteiger partial charge in [-0.25, -0.2) is 0 Å². The SMILES string of the molecule is [B]O[B]C(C)(C)NC. The highest BCUT2D eigenvalue weighted by Crippen LogP contribution is 1.95. The lowest BCUT2D eigenvalue weighted by Gasteiger charge is -2.20. The highest BCUT2D eigenvalue weighted by atomic mass is 16.4. The zero-order valence-electron chi connectivity index (χ0n) is 5.56. The number of hydrogen-bond acceptors (Lipinski definition) is 2. The summed E-state index contributed by atoms with van der Waals surface area (Å²) in [7, 11) is 8.17. The van der Waals surface area contributed by atoms with Crippen LogP contribution < -0.4 is 5.32 Å². The van der Waals surface area contributed by atoms with Crippen molar-refractivity contribution in [3.8, 4) is 0 Å². The molecule has 0 aromatic rings. The molecule has 0 aromatic heterocycles. The highest BCUT2D eigenvalue weighted by molar-refractivity contribution is 6.38. The molecule has 0 aliphatic rings. The van der Waals surface area contributed by atoms with E-state index >= 15 is 0 Å². The van der Waals surface area contributed by atoms with Crippen LogP contribution in [0.4, 0.5) is 0 Å². The Hall–Kier alpha value is 0.0499. The smallest absolute Gasteiger partial charge is 0.294 e. The molecule has 0 bridgehead atoms. The fourth-order valence-corrected chi connectivity index (χ4v) is 0.229. The van der Waals surface area contributed by atoms with Crippen LogP contribution in [0.3, 0.4) is 0 Å². The van der Waals surface area contributed by atoms with Crippen molar-refractivity contribution < 1.29 is 4.57 Å². The van der Waals surface area contributed by atoms with Crippen LogP contribution in [0, 0.1) is 0 Å². The van der Waals surface area contributed by atoms with Crippen LogP contribution in [0.1, 0.15) is 13.8 Å². The van der Waals surface area contributed by atoms with Gasteiger partial charge in [0, 0.05) is 5.44 Å². The number of rotatable bonds is 3. The second kappa shape index (κ2) is 3.15. The second-order valence-electron chi connectivity index (χ2n) is 2.23. The molecule has 0 spiro atoms. The van der Waals surface area contributed by atoms with Gasteiger partial charge in [0.15, 0.2) is 0 Å². The predicted octanol–water partition coefficient (Wildman–Crippen LogP) is -0.339. The van der Waals surface area contributed by atoms with Crippen molar-refractivity contribution >= 4 is 15.5 Å². The molecule has 1 N–H and O–H groups in total. The monoisotopic (exact) mass is 110 g/mol. The minimum absolute atomic E-state index is 0.130. The highest BCUT2D eigenvalue weighted by Gasteiger charge is 2.15. The molecular formula is C4H10B2NO. The third-order valence-corrected chi connectivity index (χ3v) is 1.01. The summed E-state index contributed by atoms with van der Waals surface area (Å²) in [5.74, 6) is 0. The molecule has 0 amide bonds. The third-order valence-electron chi connectivity index (χ3n) is 1.01. The largest absolute Gasteiger partial charge is 0.509 e. The van der Waals surface area contributed by atoms with Crippen LogP contribution in [0.25, 0.3) is 0 Å². The van der Waals surface area contributed by atoms with Gasteiger partial charge in [-0.05, 0) is 7.05 Å². The van der Waals surface area contributed by atoms with Gasteiger partial charge in [-0.1, -0.05) is 13.8 Å². The fraction of sp³-hybridized carbons (Fsp3) is 1.00. The molecule has 0 fully saturated rings. The van der Waals surface area contributed by atoms with Crippen molar-refractivity contribution in [3.05, 3.63) is 0 Å². The van der Waals surface area contributed by atoms with Gasteiger partial charge in [0.2, 0.25) is 0 Å². The van der Waals surface area contributed by atoms with E-state index in [4.69, 9.17) is 8.05 Å². The second-order valence-corrected chi connectivity index (χ2v) is 2.23. The average molecular weight is 110 g/mol. The van der Waals surface area contributed by atoms with Crippen LogP contribution in [0.15, 0.2) is 0 Å². The summed E-state index contributed by atoms with van der Waals surface area (Å²) in [5, 5.41) is 2.98. The van der Waals surface area contributed by atoms with Gasteiger partial charge in [0.05, 0.1) is 0 Å². The van der Waals surface area contributed by atoms with Gasteiger partial charge in [0.25, 0.3) is 15.5 Å².